The van der Waals surface area contributed by atoms with E-state index in [9.17, 15) is 0 Å². The van der Waals surface area contributed by atoms with Crippen molar-refractivity contribution in [2.75, 3.05) is 9.80 Å². The fraction of sp³-hybridized carbons (Fsp3) is 0.333. The zero-order valence-corrected chi connectivity index (χ0v) is 38.7. The molecule has 0 saturated heterocycles. The Hall–Kier alpha value is -5.48. The van der Waals surface area contributed by atoms with Gasteiger partial charge in [0.05, 0.1) is 11.3 Å². The van der Waals surface area contributed by atoms with E-state index in [1.165, 1.54) is 94.8 Å². The average molecular weight is 801 g/mol. The smallest absolute Gasteiger partial charge is 0.297 e. The van der Waals surface area contributed by atoms with Crippen molar-refractivity contribution in [2.45, 2.75) is 125 Å². The SMILES string of the molecule is Cc1cc2c3c(c1)N(c1ccc(C(C)(C)C)cc1)c1c(oc4cc5c(cc14)C(C)(C)CCC5(C)C)B3c1ccc(-c3ccccc3C)cc1N2c1ccc(C(C)(C)C)cc1C. The lowest BCUT2D eigenvalue weighted by Gasteiger charge is -2.43. The first-order chi connectivity index (χ1) is 28.7. The van der Waals surface area contributed by atoms with Crippen LogP contribution in [0.2, 0.25) is 0 Å². The Labute approximate surface area is 364 Å². The Balaban J connectivity index is 1.31. The van der Waals surface area contributed by atoms with Crippen molar-refractivity contribution in [1.82, 2.24) is 0 Å². The summed E-state index contributed by atoms with van der Waals surface area (Å²) in [4.78, 5) is 5.11. The Morgan fingerprint density at radius 3 is 1.84 bits per heavy atom. The van der Waals surface area contributed by atoms with Gasteiger partial charge in [0.1, 0.15) is 5.58 Å². The van der Waals surface area contributed by atoms with Crippen LogP contribution in [0, 0.1) is 20.8 Å². The molecule has 0 fully saturated rings. The van der Waals surface area contributed by atoms with E-state index in [-0.39, 0.29) is 28.4 Å². The van der Waals surface area contributed by atoms with Crippen molar-refractivity contribution in [3.05, 3.63) is 148 Å². The number of rotatable bonds is 3. The number of fused-ring (bicyclic) bond motifs is 7. The molecule has 0 atom stereocenters. The maximum absolute atomic E-state index is 7.48. The summed E-state index contributed by atoms with van der Waals surface area (Å²) in [5, 5.41) is 1.20. The molecular weight excluding hydrogens is 739 g/mol. The van der Waals surface area contributed by atoms with Crippen LogP contribution < -0.4 is 26.4 Å². The number of hydrogen-bond donors (Lipinski definition) is 0. The lowest BCUT2D eigenvalue weighted by atomic mass is 9.35. The lowest BCUT2D eigenvalue weighted by molar-refractivity contribution is 0.332. The molecule has 2 aliphatic heterocycles. The van der Waals surface area contributed by atoms with Crippen LogP contribution in [-0.4, -0.2) is 6.71 Å². The molecule has 0 unspecified atom stereocenters. The summed E-state index contributed by atoms with van der Waals surface area (Å²) in [6.45, 7) is 30.2. The third kappa shape index (κ3) is 6.14. The fourth-order valence-electron chi connectivity index (χ4n) is 10.7. The summed E-state index contributed by atoms with van der Waals surface area (Å²) in [5.41, 5.74) is 23.7. The van der Waals surface area contributed by atoms with Gasteiger partial charge in [-0.1, -0.05) is 130 Å². The summed E-state index contributed by atoms with van der Waals surface area (Å²) in [5.74, 6) is 0. The van der Waals surface area contributed by atoms with Crippen LogP contribution in [-0.2, 0) is 21.7 Å². The topological polar surface area (TPSA) is 19.6 Å². The zero-order valence-electron chi connectivity index (χ0n) is 38.7. The molecule has 1 aliphatic carbocycles. The number of nitrogens with zero attached hydrogens (tertiary/aromatic N) is 2. The highest BCUT2D eigenvalue weighted by Crippen LogP contribution is 2.52. The fourth-order valence-corrected chi connectivity index (χ4v) is 10.7. The highest BCUT2D eigenvalue weighted by Gasteiger charge is 2.48. The Morgan fingerprint density at radius 2 is 1.20 bits per heavy atom. The second-order valence-electron chi connectivity index (χ2n) is 21.9. The molecule has 6 aromatic carbocycles. The molecule has 4 heteroatoms. The van der Waals surface area contributed by atoms with Gasteiger partial charge in [-0.3, -0.25) is 0 Å². The number of aryl methyl sites for hydroxylation is 3. The lowest BCUT2D eigenvalue weighted by Crippen LogP contribution is -2.61. The van der Waals surface area contributed by atoms with Crippen molar-refractivity contribution in [3.8, 4) is 11.1 Å². The van der Waals surface area contributed by atoms with Crippen LogP contribution in [0.5, 0.6) is 0 Å². The van der Waals surface area contributed by atoms with Gasteiger partial charge in [0.15, 0.2) is 0 Å². The van der Waals surface area contributed by atoms with Gasteiger partial charge in [-0.25, -0.2) is 0 Å². The van der Waals surface area contributed by atoms with Crippen molar-refractivity contribution in [3.63, 3.8) is 0 Å². The number of furan rings is 1. The van der Waals surface area contributed by atoms with Gasteiger partial charge >= 0.3 is 0 Å². The quantitative estimate of drug-likeness (QED) is 0.166. The van der Waals surface area contributed by atoms with Crippen LogP contribution in [0.15, 0.2) is 114 Å². The maximum Gasteiger partial charge on any atom is 0.297 e. The summed E-state index contributed by atoms with van der Waals surface area (Å²) in [6.07, 6.45) is 2.32. The molecule has 0 bridgehead atoms. The third-order valence-corrected chi connectivity index (χ3v) is 14.5. The van der Waals surface area contributed by atoms with Gasteiger partial charge < -0.3 is 14.2 Å². The van der Waals surface area contributed by atoms with E-state index >= 15 is 0 Å². The number of anilines is 6. The number of hydrogen-bond acceptors (Lipinski definition) is 3. The molecule has 10 rings (SSSR count). The minimum Gasteiger partial charge on any atom is -0.468 e. The van der Waals surface area contributed by atoms with Crippen LogP contribution >= 0.6 is 0 Å². The third-order valence-electron chi connectivity index (χ3n) is 14.5. The molecule has 0 saturated carbocycles. The molecule has 1 aromatic heterocycles. The molecule has 0 spiro atoms. The minimum atomic E-state index is -0.109. The molecule has 3 nitrogen and oxygen atoms in total. The zero-order chi connectivity index (χ0) is 43.1. The largest absolute Gasteiger partial charge is 0.468 e. The van der Waals surface area contributed by atoms with E-state index in [1.54, 1.807) is 0 Å². The molecular formula is C57H61BN2O. The minimum absolute atomic E-state index is 0.0408. The molecule has 7 aromatic rings. The predicted molar refractivity (Wildman–Crippen MR) is 263 cm³/mol. The van der Waals surface area contributed by atoms with E-state index < -0.39 is 0 Å². The van der Waals surface area contributed by atoms with Crippen LogP contribution in [0.3, 0.4) is 0 Å². The van der Waals surface area contributed by atoms with E-state index in [0.29, 0.717) is 0 Å². The molecule has 308 valence electrons. The number of benzene rings is 6. The van der Waals surface area contributed by atoms with Crippen LogP contribution in [0.4, 0.5) is 34.1 Å². The van der Waals surface area contributed by atoms with E-state index in [2.05, 4.69) is 209 Å². The standard InChI is InChI=1S/C57H61BN2O/c1-34-28-48-51-49(29-34)60(46-25-21-39(30-36(46)3)55(7,8)9)47-31-37(41-17-15-14-16-35(41)2)18-24-45(47)58(51)53-52(59(48)40-22-19-38(20-23-40)54(4,5)6)42-32-43-44(33-50(42)61-53)57(12,13)27-26-56(43,10)11/h14-25,28-33H,26-27H2,1-13H3. The first-order valence-corrected chi connectivity index (χ1v) is 22.5. The highest BCUT2D eigenvalue weighted by atomic mass is 16.3. The molecule has 3 aliphatic rings. The van der Waals surface area contributed by atoms with Gasteiger partial charge in [-0.15, -0.1) is 0 Å². The van der Waals surface area contributed by atoms with Gasteiger partial charge in [0, 0.05) is 33.8 Å². The molecule has 0 amide bonds. The molecule has 0 N–H and O–H groups in total. The van der Waals surface area contributed by atoms with Crippen molar-refractivity contribution >= 4 is 68.4 Å². The summed E-state index contributed by atoms with van der Waals surface area (Å²) >= 11 is 0. The van der Waals surface area contributed by atoms with Gasteiger partial charge in [0.25, 0.3) is 6.71 Å². The van der Waals surface area contributed by atoms with Crippen molar-refractivity contribution in [2.24, 2.45) is 0 Å². The summed E-state index contributed by atoms with van der Waals surface area (Å²) in [7, 11) is 0. The first-order valence-electron chi connectivity index (χ1n) is 22.5. The van der Waals surface area contributed by atoms with Gasteiger partial charge in [0.2, 0.25) is 0 Å². The van der Waals surface area contributed by atoms with Crippen molar-refractivity contribution < 1.29 is 4.42 Å². The van der Waals surface area contributed by atoms with Crippen LogP contribution in [0.1, 0.15) is 121 Å². The average Bonchev–Trinajstić information content (AvgIpc) is 3.57. The van der Waals surface area contributed by atoms with Gasteiger partial charge in [-0.05, 0) is 165 Å². The Kier molecular flexibility index (Phi) is 8.62. The predicted octanol–water partition coefficient (Wildman–Crippen LogP) is 14.1. The molecule has 3 heterocycles. The molecule has 61 heavy (non-hydrogen) atoms. The molecule has 0 radical (unpaired) electrons. The Bertz CT molecular complexity index is 2930. The van der Waals surface area contributed by atoms with Crippen molar-refractivity contribution in [1.29, 1.82) is 0 Å². The monoisotopic (exact) mass is 800 g/mol. The maximum atomic E-state index is 7.48. The second kappa shape index (κ2) is 13.3. The first kappa shape index (κ1) is 39.6. The normalized spacial score (nSPS) is 16.3. The van der Waals surface area contributed by atoms with Crippen LogP contribution in [0.25, 0.3) is 22.1 Å². The van der Waals surface area contributed by atoms with E-state index in [1.807, 2.05) is 0 Å². The van der Waals surface area contributed by atoms with E-state index in [4.69, 9.17) is 4.42 Å². The summed E-state index contributed by atoms with van der Waals surface area (Å²) in [6, 6.07) is 42.2. The van der Waals surface area contributed by atoms with Gasteiger partial charge in [-0.2, -0.15) is 0 Å². The summed E-state index contributed by atoms with van der Waals surface area (Å²) < 4.78 is 7.48. The second-order valence-corrected chi connectivity index (χ2v) is 21.9. The highest BCUT2D eigenvalue weighted by molar-refractivity contribution is 7.00. The van der Waals surface area contributed by atoms with E-state index in [0.717, 1.165) is 29.8 Å². The Morgan fingerprint density at radius 1 is 0.574 bits per heavy atom.